The molecule has 0 atom stereocenters. The minimum atomic E-state index is -0.432. The van der Waals surface area contributed by atoms with Crippen molar-refractivity contribution in [2.45, 2.75) is 64.0 Å². The molecule has 0 spiro atoms. The molecule has 0 bridgehead atoms. The second-order valence-electron chi connectivity index (χ2n) is 7.93. The standard InChI is InChI=1S/C19H27N5O/c1-19(2,3)24-18(14-8-10-15(20)11-9-14)22-17(23-24)13-6-4-12(5-7-13)16(21)25/h4-7,14-15H,8-11,20H2,1-3H3,(H2,21,25). The van der Waals surface area contributed by atoms with E-state index in [0.717, 1.165) is 37.1 Å². The van der Waals surface area contributed by atoms with Crippen molar-refractivity contribution in [3.05, 3.63) is 35.7 Å². The summed E-state index contributed by atoms with van der Waals surface area (Å²) in [5.41, 5.74) is 12.6. The molecule has 1 amide bonds. The molecule has 4 N–H and O–H groups in total. The zero-order valence-electron chi connectivity index (χ0n) is 15.2. The number of aromatic nitrogens is 3. The molecule has 1 fully saturated rings. The number of amides is 1. The first kappa shape index (κ1) is 17.6. The second-order valence-corrected chi connectivity index (χ2v) is 7.93. The highest BCUT2D eigenvalue weighted by Crippen LogP contribution is 2.34. The normalized spacial score (nSPS) is 21.3. The van der Waals surface area contributed by atoms with E-state index in [1.807, 2.05) is 16.8 Å². The lowest BCUT2D eigenvalue weighted by molar-refractivity contribution is 0.100. The number of hydrogen-bond donors (Lipinski definition) is 2. The van der Waals surface area contributed by atoms with E-state index in [4.69, 9.17) is 21.5 Å². The van der Waals surface area contributed by atoms with Crippen molar-refractivity contribution in [1.82, 2.24) is 14.8 Å². The summed E-state index contributed by atoms with van der Waals surface area (Å²) in [6.45, 7) is 6.42. The van der Waals surface area contributed by atoms with Gasteiger partial charge in [0.1, 0.15) is 5.82 Å². The highest BCUT2D eigenvalue weighted by Gasteiger charge is 2.29. The van der Waals surface area contributed by atoms with Crippen LogP contribution in [-0.4, -0.2) is 26.7 Å². The fourth-order valence-electron chi connectivity index (χ4n) is 3.37. The molecule has 3 rings (SSSR count). The minimum Gasteiger partial charge on any atom is -0.366 e. The molecule has 6 nitrogen and oxygen atoms in total. The number of rotatable bonds is 3. The number of benzene rings is 1. The molecule has 25 heavy (non-hydrogen) atoms. The summed E-state index contributed by atoms with van der Waals surface area (Å²) >= 11 is 0. The van der Waals surface area contributed by atoms with E-state index >= 15 is 0 Å². The molecular formula is C19H27N5O. The predicted molar refractivity (Wildman–Crippen MR) is 98.2 cm³/mol. The number of carbonyl (C=O) groups is 1. The van der Waals surface area contributed by atoms with E-state index in [1.54, 1.807) is 12.1 Å². The van der Waals surface area contributed by atoms with Gasteiger partial charge in [-0.3, -0.25) is 4.79 Å². The van der Waals surface area contributed by atoms with Crippen LogP contribution in [0.5, 0.6) is 0 Å². The van der Waals surface area contributed by atoms with Gasteiger partial charge >= 0.3 is 0 Å². The zero-order chi connectivity index (χ0) is 18.2. The van der Waals surface area contributed by atoms with Gasteiger partial charge in [0.15, 0.2) is 5.82 Å². The lowest BCUT2D eigenvalue weighted by atomic mass is 9.85. The van der Waals surface area contributed by atoms with Gasteiger partial charge < -0.3 is 11.5 Å². The van der Waals surface area contributed by atoms with Crippen LogP contribution in [-0.2, 0) is 5.54 Å². The predicted octanol–water partition coefficient (Wildman–Crippen LogP) is 2.78. The van der Waals surface area contributed by atoms with Crippen molar-refractivity contribution in [2.24, 2.45) is 11.5 Å². The van der Waals surface area contributed by atoms with Crippen LogP contribution < -0.4 is 11.5 Å². The van der Waals surface area contributed by atoms with Gasteiger partial charge in [0.25, 0.3) is 0 Å². The second kappa shape index (κ2) is 6.59. The van der Waals surface area contributed by atoms with Crippen LogP contribution in [0.4, 0.5) is 0 Å². The Hall–Kier alpha value is -2.21. The van der Waals surface area contributed by atoms with Crippen LogP contribution in [0, 0.1) is 0 Å². The zero-order valence-corrected chi connectivity index (χ0v) is 15.2. The van der Waals surface area contributed by atoms with Gasteiger partial charge in [-0.1, -0.05) is 12.1 Å². The summed E-state index contributed by atoms with van der Waals surface area (Å²) in [7, 11) is 0. The van der Waals surface area contributed by atoms with Crippen LogP contribution in [0.15, 0.2) is 24.3 Å². The molecule has 0 saturated heterocycles. The van der Waals surface area contributed by atoms with Crippen LogP contribution in [0.1, 0.15) is 68.6 Å². The number of primary amides is 1. The maximum absolute atomic E-state index is 11.2. The molecule has 1 heterocycles. The molecule has 0 aliphatic heterocycles. The summed E-state index contributed by atoms with van der Waals surface area (Å²) in [6, 6.07) is 7.44. The third kappa shape index (κ3) is 3.74. The average Bonchev–Trinajstić information content (AvgIpc) is 3.01. The van der Waals surface area contributed by atoms with Crippen LogP contribution in [0.25, 0.3) is 11.4 Å². The first-order chi connectivity index (χ1) is 11.8. The van der Waals surface area contributed by atoms with Crippen LogP contribution >= 0.6 is 0 Å². The molecule has 134 valence electrons. The van der Waals surface area contributed by atoms with Crippen molar-refractivity contribution in [3.8, 4) is 11.4 Å². The molecule has 2 aromatic rings. The summed E-state index contributed by atoms with van der Waals surface area (Å²) in [6.07, 6.45) is 4.17. The number of carbonyl (C=O) groups excluding carboxylic acids is 1. The Labute approximate surface area is 148 Å². The maximum atomic E-state index is 11.2. The number of nitrogens with two attached hydrogens (primary N) is 2. The van der Waals surface area contributed by atoms with Crippen molar-refractivity contribution in [1.29, 1.82) is 0 Å². The number of nitrogens with zero attached hydrogens (tertiary/aromatic N) is 3. The number of hydrogen-bond acceptors (Lipinski definition) is 4. The van der Waals surface area contributed by atoms with E-state index < -0.39 is 5.91 Å². The Bertz CT molecular complexity index is 749. The molecule has 1 saturated carbocycles. The van der Waals surface area contributed by atoms with Gasteiger partial charge in [-0.25, -0.2) is 9.67 Å². The molecule has 6 heteroatoms. The van der Waals surface area contributed by atoms with E-state index in [0.29, 0.717) is 23.3 Å². The SMILES string of the molecule is CC(C)(C)n1nc(-c2ccc(C(N)=O)cc2)nc1C1CCC(N)CC1. The van der Waals surface area contributed by atoms with Gasteiger partial charge in [0.05, 0.1) is 5.54 Å². The molecule has 1 aromatic carbocycles. The molecule has 1 aromatic heterocycles. The smallest absolute Gasteiger partial charge is 0.248 e. The van der Waals surface area contributed by atoms with E-state index in [-0.39, 0.29) is 5.54 Å². The first-order valence-corrected chi connectivity index (χ1v) is 8.89. The van der Waals surface area contributed by atoms with Gasteiger partial charge in [-0.2, -0.15) is 5.10 Å². The van der Waals surface area contributed by atoms with Gasteiger partial charge in [0.2, 0.25) is 5.91 Å². The van der Waals surface area contributed by atoms with E-state index in [1.165, 1.54) is 0 Å². The van der Waals surface area contributed by atoms with Crippen LogP contribution in [0.3, 0.4) is 0 Å². The third-order valence-corrected chi connectivity index (χ3v) is 4.83. The van der Waals surface area contributed by atoms with Gasteiger partial charge in [-0.05, 0) is 58.6 Å². The highest BCUT2D eigenvalue weighted by molar-refractivity contribution is 5.93. The topological polar surface area (TPSA) is 99.8 Å². The quantitative estimate of drug-likeness (QED) is 0.896. The minimum absolute atomic E-state index is 0.146. The monoisotopic (exact) mass is 341 g/mol. The average molecular weight is 341 g/mol. The molecular weight excluding hydrogens is 314 g/mol. The summed E-state index contributed by atoms with van der Waals surface area (Å²) < 4.78 is 2.05. The van der Waals surface area contributed by atoms with Crippen molar-refractivity contribution in [2.75, 3.05) is 0 Å². The van der Waals surface area contributed by atoms with E-state index in [9.17, 15) is 4.79 Å². The highest BCUT2D eigenvalue weighted by atomic mass is 16.1. The summed E-state index contributed by atoms with van der Waals surface area (Å²) in [4.78, 5) is 16.1. The fraction of sp³-hybridized carbons (Fsp3) is 0.526. The lowest BCUT2D eigenvalue weighted by Crippen LogP contribution is -2.30. The van der Waals surface area contributed by atoms with Gasteiger partial charge in [-0.15, -0.1) is 0 Å². The Morgan fingerprint density at radius 3 is 2.24 bits per heavy atom. The largest absolute Gasteiger partial charge is 0.366 e. The molecule has 0 unspecified atom stereocenters. The van der Waals surface area contributed by atoms with Gasteiger partial charge in [0, 0.05) is 23.1 Å². The van der Waals surface area contributed by atoms with Crippen molar-refractivity contribution >= 4 is 5.91 Å². The molecule has 0 radical (unpaired) electrons. The molecule has 1 aliphatic rings. The molecule has 1 aliphatic carbocycles. The van der Waals surface area contributed by atoms with E-state index in [2.05, 4.69) is 20.8 Å². The third-order valence-electron chi connectivity index (χ3n) is 4.83. The summed E-state index contributed by atoms with van der Waals surface area (Å²) in [5, 5.41) is 4.78. The first-order valence-electron chi connectivity index (χ1n) is 8.89. The van der Waals surface area contributed by atoms with Crippen molar-refractivity contribution < 1.29 is 4.79 Å². The fourth-order valence-corrected chi connectivity index (χ4v) is 3.37. The Balaban J connectivity index is 1.97. The van der Waals surface area contributed by atoms with Crippen LogP contribution in [0.2, 0.25) is 0 Å². The Morgan fingerprint density at radius 2 is 1.72 bits per heavy atom. The van der Waals surface area contributed by atoms with Crippen molar-refractivity contribution in [3.63, 3.8) is 0 Å². The Morgan fingerprint density at radius 1 is 1.12 bits per heavy atom. The Kier molecular flexibility index (Phi) is 4.64. The maximum Gasteiger partial charge on any atom is 0.248 e. The lowest BCUT2D eigenvalue weighted by Gasteiger charge is -2.29. The summed E-state index contributed by atoms with van der Waals surface area (Å²) in [5.74, 6) is 1.69.